The summed E-state index contributed by atoms with van der Waals surface area (Å²) in [4.78, 5) is 6.64. The molecule has 1 aromatic carbocycles. The number of sulfonamides is 1. The van der Waals surface area contributed by atoms with Gasteiger partial charge in [-0.15, -0.1) is 23.7 Å². The number of hydrogen-bond acceptors (Lipinski definition) is 6. The lowest BCUT2D eigenvalue weighted by molar-refractivity contribution is 0.0383. The summed E-state index contributed by atoms with van der Waals surface area (Å²) in [5.41, 5.74) is 0.858. The van der Waals surface area contributed by atoms with E-state index in [0.717, 1.165) is 45.0 Å². The number of nitrogens with zero attached hydrogens (tertiary/aromatic N) is 2. The lowest BCUT2D eigenvalue weighted by Crippen LogP contribution is -2.37. The average Bonchev–Trinajstić information content (AvgIpc) is 3.00. The van der Waals surface area contributed by atoms with Crippen LogP contribution in [0.5, 0.6) is 0 Å². The molecule has 0 amide bonds. The lowest BCUT2D eigenvalue weighted by Gasteiger charge is -2.26. The van der Waals surface area contributed by atoms with Gasteiger partial charge in [0.15, 0.2) is 5.13 Å². The van der Waals surface area contributed by atoms with Gasteiger partial charge in [0.05, 0.1) is 23.9 Å². The minimum absolute atomic E-state index is 0. The van der Waals surface area contributed by atoms with E-state index in [1.807, 2.05) is 5.38 Å². The second-order valence-electron chi connectivity index (χ2n) is 5.53. The van der Waals surface area contributed by atoms with Crippen LogP contribution in [-0.4, -0.2) is 51.1 Å². The van der Waals surface area contributed by atoms with E-state index in [4.69, 9.17) is 27.9 Å². The van der Waals surface area contributed by atoms with Crippen molar-refractivity contribution in [3.63, 3.8) is 0 Å². The first kappa shape index (κ1) is 21.7. The number of benzene rings is 1. The zero-order valence-corrected chi connectivity index (χ0v) is 17.6. The number of rotatable bonds is 6. The third-order valence-electron chi connectivity index (χ3n) is 3.74. The van der Waals surface area contributed by atoms with Crippen molar-refractivity contribution >= 4 is 62.1 Å². The highest BCUT2D eigenvalue weighted by atomic mass is 35.5. The molecule has 1 aliphatic heterocycles. The number of halogens is 3. The molecule has 0 unspecified atom stereocenters. The molecular formula is C15H18Cl3N3O3S2. The highest BCUT2D eigenvalue weighted by molar-refractivity contribution is 7.93. The smallest absolute Gasteiger partial charge is 0.265 e. The molecule has 0 atom stereocenters. The summed E-state index contributed by atoms with van der Waals surface area (Å²) >= 11 is 13.0. The van der Waals surface area contributed by atoms with E-state index in [0.29, 0.717) is 10.2 Å². The molecule has 0 radical (unpaired) electrons. The Hall–Kier alpha value is -0.610. The molecule has 1 saturated heterocycles. The molecule has 2 aromatic rings. The fourth-order valence-corrected chi connectivity index (χ4v) is 5.20. The maximum absolute atomic E-state index is 12.5. The highest BCUT2D eigenvalue weighted by Gasteiger charge is 2.20. The Morgan fingerprint density at radius 3 is 2.69 bits per heavy atom. The van der Waals surface area contributed by atoms with Gasteiger partial charge in [-0.05, 0) is 18.2 Å². The molecule has 0 bridgehead atoms. The van der Waals surface area contributed by atoms with Gasteiger partial charge in [0, 0.05) is 36.5 Å². The summed E-state index contributed by atoms with van der Waals surface area (Å²) in [6.45, 7) is 4.22. The second kappa shape index (κ2) is 9.54. The van der Waals surface area contributed by atoms with E-state index in [1.54, 1.807) is 0 Å². The van der Waals surface area contributed by atoms with Crippen LogP contribution in [0.3, 0.4) is 0 Å². The summed E-state index contributed by atoms with van der Waals surface area (Å²) < 4.78 is 32.7. The molecule has 6 nitrogen and oxygen atoms in total. The van der Waals surface area contributed by atoms with Crippen LogP contribution >= 0.6 is 46.9 Å². The summed E-state index contributed by atoms with van der Waals surface area (Å²) in [5, 5.41) is 2.64. The van der Waals surface area contributed by atoms with E-state index in [9.17, 15) is 8.42 Å². The van der Waals surface area contributed by atoms with Gasteiger partial charge in [0.25, 0.3) is 10.0 Å². The van der Waals surface area contributed by atoms with Crippen molar-refractivity contribution in [1.29, 1.82) is 0 Å². The van der Waals surface area contributed by atoms with Gasteiger partial charge < -0.3 is 4.74 Å². The van der Waals surface area contributed by atoms with Gasteiger partial charge in [0.1, 0.15) is 4.90 Å². The molecule has 2 heterocycles. The van der Waals surface area contributed by atoms with Crippen LogP contribution < -0.4 is 4.72 Å². The van der Waals surface area contributed by atoms with Crippen molar-refractivity contribution in [2.45, 2.75) is 11.3 Å². The summed E-state index contributed by atoms with van der Waals surface area (Å²) in [7, 11) is -3.80. The Morgan fingerprint density at radius 1 is 1.27 bits per heavy atom. The summed E-state index contributed by atoms with van der Waals surface area (Å²) in [5.74, 6) is 0. The van der Waals surface area contributed by atoms with Crippen LogP contribution in [-0.2, 0) is 21.2 Å². The van der Waals surface area contributed by atoms with E-state index in [1.165, 1.54) is 29.5 Å². The first-order valence-electron chi connectivity index (χ1n) is 7.66. The van der Waals surface area contributed by atoms with E-state index in [2.05, 4.69) is 14.6 Å². The van der Waals surface area contributed by atoms with Crippen molar-refractivity contribution in [2.75, 3.05) is 37.6 Å². The molecule has 1 aliphatic rings. The topological polar surface area (TPSA) is 71.5 Å². The van der Waals surface area contributed by atoms with Crippen molar-refractivity contribution in [3.8, 4) is 0 Å². The molecule has 11 heteroatoms. The first-order chi connectivity index (χ1) is 11.9. The second-order valence-corrected chi connectivity index (χ2v) is 8.88. The van der Waals surface area contributed by atoms with Crippen molar-refractivity contribution in [2.24, 2.45) is 0 Å². The molecule has 144 valence electrons. The number of hydrogen-bond donors (Lipinski definition) is 1. The Balaban J connectivity index is 0.00000243. The zero-order chi connectivity index (χ0) is 17.9. The van der Waals surface area contributed by atoms with Crippen LogP contribution in [0, 0.1) is 0 Å². The van der Waals surface area contributed by atoms with Crippen LogP contribution in [0.2, 0.25) is 10.0 Å². The molecule has 3 rings (SSSR count). The number of aromatic nitrogens is 1. The normalized spacial score (nSPS) is 15.5. The average molecular weight is 459 g/mol. The SMILES string of the molecule is Cl.O=S(=O)(Nc1nc(CCN2CCOCC2)cs1)c1ccc(Cl)cc1Cl. The molecule has 26 heavy (non-hydrogen) atoms. The molecule has 1 N–H and O–H groups in total. The maximum atomic E-state index is 12.5. The Bertz CT molecular complexity index is 840. The maximum Gasteiger partial charge on any atom is 0.265 e. The monoisotopic (exact) mass is 457 g/mol. The molecule has 1 aromatic heterocycles. The zero-order valence-electron chi connectivity index (χ0n) is 13.7. The number of morpholine rings is 1. The summed E-state index contributed by atoms with van der Waals surface area (Å²) in [6, 6.07) is 4.25. The van der Waals surface area contributed by atoms with Crippen LogP contribution in [0.25, 0.3) is 0 Å². The fourth-order valence-electron chi connectivity index (χ4n) is 2.43. The molecular weight excluding hydrogens is 441 g/mol. The lowest BCUT2D eigenvalue weighted by atomic mass is 10.3. The van der Waals surface area contributed by atoms with Gasteiger partial charge in [-0.2, -0.15) is 0 Å². The quantitative estimate of drug-likeness (QED) is 0.717. The van der Waals surface area contributed by atoms with Gasteiger partial charge in [-0.3, -0.25) is 9.62 Å². The third-order valence-corrected chi connectivity index (χ3v) is 6.74. The van der Waals surface area contributed by atoms with Gasteiger partial charge in [-0.1, -0.05) is 23.2 Å². The minimum Gasteiger partial charge on any atom is -0.379 e. The van der Waals surface area contributed by atoms with Crippen LogP contribution in [0.4, 0.5) is 5.13 Å². The van der Waals surface area contributed by atoms with Crippen LogP contribution in [0.15, 0.2) is 28.5 Å². The number of nitrogens with one attached hydrogen (secondary N) is 1. The van der Waals surface area contributed by atoms with Gasteiger partial charge >= 0.3 is 0 Å². The van der Waals surface area contributed by atoms with Gasteiger partial charge in [0.2, 0.25) is 0 Å². The van der Waals surface area contributed by atoms with Gasteiger partial charge in [-0.25, -0.2) is 13.4 Å². The van der Waals surface area contributed by atoms with E-state index >= 15 is 0 Å². The number of anilines is 1. The minimum atomic E-state index is -3.80. The highest BCUT2D eigenvalue weighted by Crippen LogP contribution is 2.27. The number of ether oxygens (including phenoxy) is 1. The molecule has 1 fully saturated rings. The molecule has 0 aliphatic carbocycles. The van der Waals surface area contributed by atoms with Crippen molar-refractivity contribution < 1.29 is 13.2 Å². The standard InChI is InChI=1S/C15H17Cl2N3O3S2.ClH/c16-11-1-2-14(13(17)9-11)25(21,22)19-15-18-12(10-24-15)3-4-20-5-7-23-8-6-20;/h1-2,9-10H,3-8H2,(H,18,19);1H. The largest absolute Gasteiger partial charge is 0.379 e. The Morgan fingerprint density at radius 2 is 2.00 bits per heavy atom. The predicted molar refractivity (Wildman–Crippen MR) is 108 cm³/mol. The summed E-state index contributed by atoms with van der Waals surface area (Å²) in [6.07, 6.45) is 0.764. The molecule has 0 spiro atoms. The van der Waals surface area contributed by atoms with E-state index < -0.39 is 10.0 Å². The van der Waals surface area contributed by atoms with E-state index in [-0.39, 0.29) is 22.3 Å². The third kappa shape index (κ3) is 5.69. The van der Waals surface area contributed by atoms with Crippen molar-refractivity contribution in [1.82, 2.24) is 9.88 Å². The Labute approximate surface area is 172 Å². The molecule has 0 saturated carbocycles. The Kier molecular flexibility index (Phi) is 7.96. The predicted octanol–water partition coefficient (Wildman–Crippen LogP) is 3.55. The van der Waals surface area contributed by atoms with Crippen LogP contribution in [0.1, 0.15) is 5.69 Å². The first-order valence-corrected chi connectivity index (χ1v) is 10.8. The van der Waals surface area contributed by atoms with Crippen molar-refractivity contribution in [3.05, 3.63) is 39.3 Å². The number of thiazole rings is 1. The fraction of sp³-hybridized carbons (Fsp3) is 0.400.